The Morgan fingerprint density at radius 3 is 2.75 bits per heavy atom. The van der Waals surface area contributed by atoms with Crippen LogP contribution < -0.4 is 0 Å². The first-order valence-corrected chi connectivity index (χ1v) is 8.86. The molecule has 0 saturated carbocycles. The summed E-state index contributed by atoms with van der Waals surface area (Å²) in [5.41, 5.74) is 0.997. The number of hydrogen-bond donors (Lipinski definition) is 1. The number of hydrogen-bond acceptors (Lipinski definition) is 4. The Morgan fingerprint density at radius 1 is 1.25 bits per heavy atom. The SMILES string of the molecule is CCn1ccnc1CN1CCN(C[C@H](O)c2ccccc2)[C@H](C)C1. The number of imidazole rings is 1. The normalized spacial score (nSPS) is 21.0. The van der Waals surface area contributed by atoms with Crippen molar-refractivity contribution in [3.05, 3.63) is 54.1 Å². The molecule has 1 aromatic heterocycles. The van der Waals surface area contributed by atoms with Crippen LogP contribution in [0, 0.1) is 0 Å². The van der Waals surface area contributed by atoms with Gasteiger partial charge < -0.3 is 9.67 Å². The van der Waals surface area contributed by atoms with Crippen LogP contribution in [0.2, 0.25) is 0 Å². The number of piperazine rings is 1. The molecule has 0 aliphatic carbocycles. The van der Waals surface area contributed by atoms with Crippen molar-refractivity contribution in [1.82, 2.24) is 19.4 Å². The maximum absolute atomic E-state index is 10.5. The van der Waals surface area contributed by atoms with Crippen molar-refractivity contribution in [2.24, 2.45) is 0 Å². The summed E-state index contributed by atoms with van der Waals surface area (Å²) < 4.78 is 2.20. The largest absolute Gasteiger partial charge is 0.387 e. The Morgan fingerprint density at radius 2 is 2.04 bits per heavy atom. The highest BCUT2D eigenvalue weighted by Crippen LogP contribution is 2.18. The first-order chi connectivity index (χ1) is 11.7. The molecule has 1 aromatic carbocycles. The molecule has 5 heteroatoms. The summed E-state index contributed by atoms with van der Waals surface area (Å²) in [7, 11) is 0. The molecule has 2 heterocycles. The van der Waals surface area contributed by atoms with Crippen LogP contribution in [0.15, 0.2) is 42.7 Å². The van der Waals surface area contributed by atoms with Crippen molar-refractivity contribution in [2.75, 3.05) is 26.2 Å². The van der Waals surface area contributed by atoms with Gasteiger partial charge in [0.1, 0.15) is 5.82 Å². The second-order valence-electron chi connectivity index (χ2n) is 6.64. The van der Waals surface area contributed by atoms with E-state index in [0.29, 0.717) is 12.6 Å². The van der Waals surface area contributed by atoms with Gasteiger partial charge in [0.2, 0.25) is 0 Å². The minimum Gasteiger partial charge on any atom is -0.387 e. The summed E-state index contributed by atoms with van der Waals surface area (Å²) >= 11 is 0. The molecule has 0 amide bonds. The van der Waals surface area contributed by atoms with E-state index in [4.69, 9.17) is 0 Å². The standard InChI is InChI=1S/C19H28N4O/c1-3-22-10-9-20-19(22)15-21-11-12-23(16(2)13-21)14-18(24)17-7-5-4-6-8-17/h4-10,16,18,24H,3,11-15H2,1-2H3/t16-,18+/m1/s1. The lowest BCUT2D eigenvalue weighted by atomic mass is 10.1. The molecule has 0 unspecified atom stereocenters. The van der Waals surface area contributed by atoms with E-state index >= 15 is 0 Å². The summed E-state index contributed by atoms with van der Waals surface area (Å²) in [6, 6.07) is 10.4. The van der Waals surface area contributed by atoms with Gasteiger partial charge in [-0.2, -0.15) is 0 Å². The van der Waals surface area contributed by atoms with Crippen LogP contribution in [0.4, 0.5) is 0 Å². The molecule has 1 fully saturated rings. The van der Waals surface area contributed by atoms with Gasteiger partial charge in [0.15, 0.2) is 0 Å². The molecule has 1 aliphatic rings. The van der Waals surface area contributed by atoms with E-state index in [-0.39, 0.29) is 0 Å². The molecule has 1 saturated heterocycles. The highest BCUT2D eigenvalue weighted by Gasteiger charge is 2.26. The molecular formula is C19H28N4O. The molecule has 0 radical (unpaired) electrons. The van der Waals surface area contributed by atoms with Gasteiger partial charge in [0, 0.05) is 51.2 Å². The maximum atomic E-state index is 10.5. The van der Waals surface area contributed by atoms with Crippen LogP contribution in [-0.2, 0) is 13.1 Å². The predicted molar refractivity (Wildman–Crippen MR) is 95.6 cm³/mol. The monoisotopic (exact) mass is 328 g/mol. The lowest BCUT2D eigenvalue weighted by Gasteiger charge is -2.40. The Hall–Kier alpha value is -1.69. The Bertz CT molecular complexity index is 627. The zero-order valence-corrected chi connectivity index (χ0v) is 14.7. The molecule has 3 rings (SSSR count). The van der Waals surface area contributed by atoms with Crippen LogP contribution in [0.5, 0.6) is 0 Å². The van der Waals surface area contributed by atoms with E-state index in [1.165, 1.54) is 0 Å². The average Bonchev–Trinajstić information content (AvgIpc) is 3.05. The maximum Gasteiger partial charge on any atom is 0.122 e. The molecule has 24 heavy (non-hydrogen) atoms. The van der Waals surface area contributed by atoms with Crippen molar-refractivity contribution in [1.29, 1.82) is 0 Å². The highest BCUT2D eigenvalue weighted by atomic mass is 16.3. The molecule has 1 aliphatic heterocycles. The van der Waals surface area contributed by atoms with Gasteiger partial charge >= 0.3 is 0 Å². The topological polar surface area (TPSA) is 44.5 Å². The highest BCUT2D eigenvalue weighted by molar-refractivity contribution is 5.17. The Labute approximate surface area is 144 Å². The van der Waals surface area contributed by atoms with E-state index in [1.807, 2.05) is 42.7 Å². The molecule has 1 N–H and O–H groups in total. The van der Waals surface area contributed by atoms with Crippen molar-refractivity contribution in [3.8, 4) is 0 Å². The van der Waals surface area contributed by atoms with Gasteiger partial charge in [0.05, 0.1) is 12.6 Å². The van der Waals surface area contributed by atoms with Crippen LogP contribution in [0.25, 0.3) is 0 Å². The van der Waals surface area contributed by atoms with E-state index in [1.54, 1.807) is 0 Å². The molecule has 5 nitrogen and oxygen atoms in total. The van der Waals surface area contributed by atoms with E-state index < -0.39 is 6.10 Å². The van der Waals surface area contributed by atoms with E-state index in [0.717, 1.165) is 44.1 Å². The molecule has 2 aromatic rings. The third-order valence-electron chi connectivity index (χ3n) is 4.95. The first-order valence-electron chi connectivity index (χ1n) is 8.86. The molecule has 0 bridgehead atoms. The van der Waals surface area contributed by atoms with Gasteiger partial charge in [-0.3, -0.25) is 9.80 Å². The van der Waals surface area contributed by atoms with Crippen molar-refractivity contribution >= 4 is 0 Å². The molecule has 0 spiro atoms. The summed E-state index contributed by atoms with van der Waals surface area (Å²) in [5, 5.41) is 10.5. The van der Waals surface area contributed by atoms with Gasteiger partial charge in [-0.1, -0.05) is 30.3 Å². The fraction of sp³-hybridized carbons (Fsp3) is 0.526. The summed E-state index contributed by atoms with van der Waals surface area (Å²) in [5.74, 6) is 1.14. The van der Waals surface area contributed by atoms with Crippen molar-refractivity contribution < 1.29 is 5.11 Å². The average molecular weight is 328 g/mol. The zero-order chi connectivity index (χ0) is 16.9. The lowest BCUT2D eigenvalue weighted by molar-refractivity contribution is 0.0350. The van der Waals surface area contributed by atoms with Gasteiger partial charge in [0.25, 0.3) is 0 Å². The Balaban J connectivity index is 1.53. The van der Waals surface area contributed by atoms with Crippen molar-refractivity contribution in [3.63, 3.8) is 0 Å². The third kappa shape index (κ3) is 4.04. The molecular weight excluding hydrogens is 300 g/mol. The number of rotatable bonds is 6. The number of nitrogens with zero attached hydrogens (tertiary/aromatic N) is 4. The number of aryl methyl sites for hydroxylation is 1. The second kappa shape index (κ2) is 7.92. The van der Waals surface area contributed by atoms with Crippen molar-refractivity contribution in [2.45, 2.75) is 39.1 Å². The zero-order valence-electron chi connectivity index (χ0n) is 14.7. The van der Waals surface area contributed by atoms with Gasteiger partial charge in [-0.15, -0.1) is 0 Å². The number of aromatic nitrogens is 2. The van der Waals surface area contributed by atoms with Crippen LogP contribution in [0.3, 0.4) is 0 Å². The number of benzene rings is 1. The molecule has 130 valence electrons. The summed E-state index contributed by atoms with van der Waals surface area (Å²) in [6.07, 6.45) is 3.51. The number of β-amino-alcohol motifs (C(OH)–C–C–N with tert-alkyl or cyclic N) is 1. The Kier molecular flexibility index (Phi) is 5.66. The lowest BCUT2D eigenvalue weighted by Crippen LogP contribution is -2.52. The van der Waals surface area contributed by atoms with Crippen LogP contribution in [-0.4, -0.2) is 56.7 Å². The summed E-state index contributed by atoms with van der Waals surface area (Å²) in [6.45, 7) is 9.97. The first kappa shape index (κ1) is 17.1. The predicted octanol–water partition coefficient (Wildman–Crippen LogP) is 2.14. The number of aliphatic hydroxyl groups is 1. The van der Waals surface area contributed by atoms with Gasteiger partial charge in [-0.05, 0) is 19.4 Å². The number of aliphatic hydroxyl groups excluding tert-OH is 1. The quantitative estimate of drug-likeness (QED) is 0.882. The smallest absolute Gasteiger partial charge is 0.122 e. The fourth-order valence-corrected chi connectivity index (χ4v) is 3.47. The summed E-state index contributed by atoms with van der Waals surface area (Å²) in [4.78, 5) is 9.33. The minimum atomic E-state index is -0.417. The van der Waals surface area contributed by atoms with E-state index in [2.05, 4.69) is 33.2 Å². The second-order valence-corrected chi connectivity index (χ2v) is 6.64. The van der Waals surface area contributed by atoms with Gasteiger partial charge in [-0.25, -0.2) is 4.98 Å². The van der Waals surface area contributed by atoms with Crippen LogP contribution >= 0.6 is 0 Å². The minimum absolute atomic E-state index is 0.417. The fourth-order valence-electron chi connectivity index (χ4n) is 3.47. The molecule has 2 atom stereocenters. The van der Waals surface area contributed by atoms with E-state index in [9.17, 15) is 5.11 Å². The third-order valence-corrected chi connectivity index (χ3v) is 4.95. The van der Waals surface area contributed by atoms with Crippen LogP contribution in [0.1, 0.15) is 31.3 Å².